The molecule has 4 aromatic rings. The number of fused-ring (bicyclic) bond motifs is 1. The lowest BCUT2D eigenvalue weighted by Crippen LogP contribution is -2.32. The summed E-state index contributed by atoms with van der Waals surface area (Å²) in [6.45, 7) is 0. The molecule has 0 aliphatic rings. The lowest BCUT2D eigenvalue weighted by molar-refractivity contribution is -0.115. The fourth-order valence-electron chi connectivity index (χ4n) is 2.57. The number of nitrogens with one attached hydrogen (secondary N) is 2. The van der Waals surface area contributed by atoms with Gasteiger partial charge in [-0.2, -0.15) is 0 Å². The van der Waals surface area contributed by atoms with Gasteiger partial charge in [0, 0.05) is 11.6 Å². The molecule has 3 heterocycles. The van der Waals surface area contributed by atoms with Crippen LogP contribution >= 0.6 is 22.7 Å². The van der Waals surface area contributed by atoms with Crippen LogP contribution in [0, 0.1) is 0 Å². The predicted molar refractivity (Wildman–Crippen MR) is 102 cm³/mol. The number of thiophene rings is 1. The second kappa shape index (κ2) is 6.70. The monoisotopic (exact) mass is 384 g/mol. The minimum atomic E-state index is -0.491. The van der Waals surface area contributed by atoms with Gasteiger partial charge in [-0.1, -0.05) is 12.1 Å². The molecular formula is C17H12N4O3S2. The zero-order chi connectivity index (χ0) is 18.1. The van der Waals surface area contributed by atoms with E-state index in [0.717, 1.165) is 10.1 Å². The Bertz CT molecular complexity index is 1190. The third-order valence-electron chi connectivity index (χ3n) is 3.75. The first-order chi connectivity index (χ1) is 12.6. The van der Waals surface area contributed by atoms with Crippen molar-refractivity contribution in [2.24, 2.45) is 0 Å². The summed E-state index contributed by atoms with van der Waals surface area (Å²) in [4.78, 5) is 43.5. The third-order valence-corrected chi connectivity index (χ3v) is 5.34. The number of benzene rings is 1. The smallest absolute Gasteiger partial charge is 0.306 e. The molecule has 0 aliphatic carbocycles. The largest absolute Gasteiger partial charge is 0.333 e. The molecule has 0 aliphatic heterocycles. The van der Waals surface area contributed by atoms with Crippen molar-refractivity contribution < 1.29 is 4.79 Å². The molecule has 0 unspecified atom stereocenters. The van der Waals surface area contributed by atoms with E-state index >= 15 is 0 Å². The molecule has 0 saturated heterocycles. The Morgan fingerprint density at radius 2 is 1.92 bits per heavy atom. The van der Waals surface area contributed by atoms with Gasteiger partial charge in [0.25, 0.3) is 5.56 Å². The SMILES string of the molecule is O=C(Cc1ccc(-n2c(=O)[nH]c3ccsc3c2=O)cc1)Nc1nccs1. The highest BCUT2D eigenvalue weighted by molar-refractivity contribution is 7.17. The Balaban J connectivity index is 1.59. The molecule has 0 radical (unpaired) electrons. The van der Waals surface area contributed by atoms with Crippen LogP contribution in [-0.2, 0) is 11.2 Å². The minimum Gasteiger partial charge on any atom is -0.306 e. The van der Waals surface area contributed by atoms with Gasteiger partial charge in [-0.15, -0.1) is 22.7 Å². The molecule has 4 rings (SSSR count). The first-order valence-electron chi connectivity index (χ1n) is 7.63. The Hall–Kier alpha value is -3.04. The summed E-state index contributed by atoms with van der Waals surface area (Å²) in [5.41, 5.74) is 0.917. The van der Waals surface area contributed by atoms with Crippen LogP contribution in [0.15, 0.2) is 56.9 Å². The Labute approximate surface area is 154 Å². The molecule has 0 bridgehead atoms. The zero-order valence-electron chi connectivity index (χ0n) is 13.3. The maximum absolute atomic E-state index is 12.5. The van der Waals surface area contributed by atoms with Crippen LogP contribution in [0.5, 0.6) is 0 Å². The fourth-order valence-corrected chi connectivity index (χ4v) is 3.89. The van der Waals surface area contributed by atoms with E-state index < -0.39 is 5.69 Å². The van der Waals surface area contributed by atoms with Gasteiger partial charge in [0.1, 0.15) is 4.70 Å². The van der Waals surface area contributed by atoms with Crippen molar-refractivity contribution in [3.05, 3.63) is 73.7 Å². The Morgan fingerprint density at radius 3 is 2.65 bits per heavy atom. The summed E-state index contributed by atoms with van der Waals surface area (Å²) < 4.78 is 1.59. The number of aromatic nitrogens is 3. The van der Waals surface area contributed by atoms with Gasteiger partial charge in [-0.3, -0.25) is 9.59 Å². The van der Waals surface area contributed by atoms with Gasteiger partial charge in [-0.05, 0) is 29.1 Å². The van der Waals surface area contributed by atoms with Crippen molar-refractivity contribution in [2.75, 3.05) is 5.32 Å². The highest BCUT2D eigenvalue weighted by atomic mass is 32.1. The van der Waals surface area contributed by atoms with Gasteiger partial charge >= 0.3 is 5.69 Å². The average Bonchev–Trinajstić information content (AvgIpc) is 3.28. The van der Waals surface area contributed by atoms with Gasteiger partial charge < -0.3 is 10.3 Å². The van der Waals surface area contributed by atoms with E-state index in [9.17, 15) is 14.4 Å². The zero-order valence-corrected chi connectivity index (χ0v) is 14.9. The van der Waals surface area contributed by atoms with Crippen molar-refractivity contribution in [1.29, 1.82) is 0 Å². The van der Waals surface area contributed by atoms with Crippen LogP contribution in [0.3, 0.4) is 0 Å². The van der Waals surface area contributed by atoms with Gasteiger partial charge in [-0.25, -0.2) is 14.3 Å². The third kappa shape index (κ3) is 3.09. The number of hydrogen-bond acceptors (Lipinski definition) is 6. The van der Waals surface area contributed by atoms with E-state index in [-0.39, 0.29) is 17.9 Å². The number of rotatable bonds is 4. The average molecular weight is 384 g/mol. The van der Waals surface area contributed by atoms with E-state index in [1.165, 1.54) is 22.7 Å². The molecule has 0 fully saturated rings. The molecule has 1 aromatic carbocycles. The number of hydrogen-bond donors (Lipinski definition) is 2. The first-order valence-corrected chi connectivity index (χ1v) is 9.39. The van der Waals surface area contributed by atoms with E-state index in [1.807, 2.05) is 0 Å². The number of amides is 1. The normalized spacial score (nSPS) is 10.9. The molecular weight excluding hydrogens is 372 g/mol. The Kier molecular flexibility index (Phi) is 4.23. The van der Waals surface area contributed by atoms with Gasteiger partial charge in [0.05, 0.1) is 17.6 Å². The van der Waals surface area contributed by atoms with E-state index in [0.29, 0.717) is 21.0 Å². The number of carbonyl (C=O) groups is 1. The molecule has 1 amide bonds. The molecule has 2 N–H and O–H groups in total. The maximum Gasteiger partial charge on any atom is 0.333 e. The summed E-state index contributed by atoms with van der Waals surface area (Å²) in [7, 11) is 0. The van der Waals surface area contributed by atoms with Crippen LogP contribution in [0.1, 0.15) is 5.56 Å². The second-order valence-electron chi connectivity index (χ2n) is 5.46. The van der Waals surface area contributed by atoms with Crippen molar-refractivity contribution in [3.63, 3.8) is 0 Å². The van der Waals surface area contributed by atoms with Crippen LogP contribution in [0.2, 0.25) is 0 Å². The van der Waals surface area contributed by atoms with Crippen molar-refractivity contribution in [3.8, 4) is 5.69 Å². The summed E-state index contributed by atoms with van der Waals surface area (Å²) in [5.74, 6) is -0.178. The number of H-pyrrole nitrogens is 1. The summed E-state index contributed by atoms with van der Waals surface area (Å²) >= 11 is 2.63. The van der Waals surface area contributed by atoms with Crippen molar-refractivity contribution in [2.45, 2.75) is 6.42 Å². The Morgan fingerprint density at radius 1 is 1.12 bits per heavy atom. The summed E-state index contributed by atoms with van der Waals surface area (Å²) in [6, 6.07) is 8.46. The van der Waals surface area contributed by atoms with E-state index in [4.69, 9.17) is 0 Å². The molecule has 130 valence electrons. The second-order valence-corrected chi connectivity index (χ2v) is 7.27. The number of carbonyl (C=O) groups excluding carboxylic acids is 1. The van der Waals surface area contributed by atoms with Crippen molar-refractivity contribution in [1.82, 2.24) is 14.5 Å². The molecule has 0 saturated carbocycles. The van der Waals surface area contributed by atoms with Gasteiger partial charge in [0.2, 0.25) is 5.91 Å². The topological polar surface area (TPSA) is 96.9 Å². The molecule has 0 spiro atoms. The highest BCUT2D eigenvalue weighted by Crippen LogP contribution is 2.15. The predicted octanol–water partition coefficient (Wildman–Crippen LogP) is 2.38. The lowest BCUT2D eigenvalue weighted by Gasteiger charge is -2.06. The number of aromatic amines is 1. The number of thiazole rings is 1. The number of nitrogens with zero attached hydrogens (tertiary/aromatic N) is 2. The fraction of sp³-hybridized carbons (Fsp3) is 0.0588. The molecule has 0 atom stereocenters. The summed E-state index contributed by atoms with van der Waals surface area (Å²) in [5, 5.41) is 6.80. The minimum absolute atomic E-state index is 0.176. The molecule has 9 heteroatoms. The number of anilines is 1. The van der Waals surface area contributed by atoms with Crippen molar-refractivity contribution >= 4 is 43.9 Å². The van der Waals surface area contributed by atoms with E-state index in [2.05, 4.69) is 15.3 Å². The molecule has 3 aromatic heterocycles. The highest BCUT2D eigenvalue weighted by Gasteiger charge is 2.11. The first kappa shape index (κ1) is 16.4. The molecule has 7 nitrogen and oxygen atoms in total. The molecule has 26 heavy (non-hydrogen) atoms. The summed E-state index contributed by atoms with van der Waals surface area (Å²) in [6.07, 6.45) is 1.80. The van der Waals surface area contributed by atoms with Crippen LogP contribution in [-0.4, -0.2) is 20.4 Å². The van der Waals surface area contributed by atoms with Gasteiger partial charge in [0.15, 0.2) is 5.13 Å². The standard InChI is InChI=1S/C17H12N4O3S2/c22-13(20-16-18-6-8-26-16)9-10-1-3-11(4-2-10)21-15(23)14-12(5-7-25-14)19-17(21)24/h1-8H,9H2,(H,19,24)(H,18,20,22). The quantitative estimate of drug-likeness (QED) is 0.564. The maximum atomic E-state index is 12.5. The van der Waals surface area contributed by atoms with Crippen LogP contribution in [0.4, 0.5) is 5.13 Å². The van der Waals surface area contributed by atoms with Crippen LogP contribution < -0.4 is 16.6 Å². The lowest BCUT2D eigenvalue weighted by atomic mass is 10.1. The van der Waals surface area contributed by atoms with E-state index in [1.54, 1.807) is 47.3 Å². The van der Waals surface area contributed by atoms with Crippen LogP contribution in [0.25, 0.3) is 15.9 Å².